The average Bonchev–Trinajstić information content (AvgIpc) is 3.24. The standard InChI is InChI=1S/C15H17N3O/c1-9-6-10(8-16)7-12(13(9)17)14(19)18-15(4-5-15)11-2-3-11/h6-7,11H,2-5,17H2,1H3,(H,18,19). The minimum atomic E-state index is -0.137. The minimum Gasteiger partial charge on any atom is -0.398 e. The molecule has 0 bridgehead atoms. The summed E-state index contributed by atoms with van der Waals surface area (Å²) < 4.78 is 0. The number of carbonyl (C=O) groups is 1. The molecule has 2 aliphatic carbocycles. The molecule has 3 rings (SSSR count). The number of aryl methyl sites for hydroxylation is 1. The lowest BCUT2D eigenvalue weighted by atomic mass is 10.0. The van der Waals surface area contributed by atoms with Crippen LogP contribution in [0.4, 0.5) is 5.69 Å². The molecule has 2 saturated carbocycles. The predicted octanol–water partition coefficient (Wildman–Crippen LogP) is 2.12. The summed E-state index contributed by atoms with van der Waals surface area (Å²) in [6, 6.07) is 5.36. The van der Waals surface area contributed by atoms with Crippen molar-refractivity contribution in [1.82, 2.24) is 5.32 Å². The number of rotatable bonds is 3. The Morgan fingerprint density at radius 2 is 2.16 bits per heavy atom. The van der Waals surface area contributed by atoms with Crippen LogP contribution in [-0.2, 0) is 0 Å². The summed E-state index contributed by atoms with van der Waals surface area (Å²) in [6.07, 6.45) is 4.57. The summed E-state index contributed by atoms with van der Waals surface area (Å²) in [5.41, 5.74) is 8.16. The van der Waals surface area contributed by atoms with Crippen LogP contribution in [0.1, 0.15) is 47.2 Å². The molecule has 1 amide bonds. The van der Waals surface area contributed by atoms with E-state index in [0.717, 1.165) is 18.4 Å². The first-order chi connectivity index (χ1) is 9.05. The van der Waals surface area contributed by atoms with Gasteiger partial charge in [-0.15, -0.1) is 0 Å². The Bertz CT molecular complexity index is 592. The molecule has 4 heteroatoms. The second kappa shape index (κ2) is 3.99. The Hall–Kier alpha value is -2.02. The fraction of sp³-hybridized carbons (Fsp3) is 0.467. The van der Waals surface area contributed by atoms with E-state index in [1.807, 2.05) is 6.92 Å². The number of nitriles is 1. The molecule has 19 heavy (non-hydrogen) atoms. The van der Waals surface area contributed by atoms with Crippen LogP contribution in [0.25, 0.3) is 0 Å². The van der Waals surface area contributed by atoms with Crippen molar-refractivity contribution in [2.24, 2.45) is 5.92 Å². The monoisotopic (exact) mass is 255 g/mol. The van der Waals surface area contributed by atoms with Gasteiger partial charge in [0.15, 0.2) is 0 Å². The van der Waals surface area contributed by atoms with Crippen LogP contribution in [-0.4, -0.2) is 11.4 Å². The fourth-order valence-electron chi connectivity index (χ4n) is 2.75. The number of anilines is 1. The molecule has 1 aromatic carbocycles. The Morgan fingerprint density at radius 3 is 2.68 bits per heavy atom. The van der Waals surface area contributed by atoms with Gasteiger partial charge >= 0.3 is 0 Å². The third kappa shape index (κ3) is 2.06. The average molecular weight is 255 g/mol. The van der Waals surface area contributed by atoms with Crippen LogP contribution >= 0.6 is 0 Å². The van der Waals surface area contributed by atoms with Gasteiger partial charge in [0.25, 0.3) is 5.91 Å². The van der Waals surface area contributed by atoms with E-state index in [-0.39, 0.29) is 11.4 Å². The van der Waals surface area contributed by atoms with E-state index >= 15 is 0 Å². The molecule has 2 fully saturated rings. The SMILES string of the molecule is Cc1cc(C#N)cc(C(=O)NC2(C3CC3)CC2)c1N. The predicted molar refractivity (Wildman–Crippen MR) is 72.5 cm³/mol. The smallest absolute Gasteiger partial charge is 0.253 e. The number of hydrogen-bond acceptors (Lipinski definition) is 3. The van der Waals surface area contributed by atoms with Gasteiger partial charge in [0, 0.05) is 11.2 Å². The van der Waals surface area contributed by atoms with E-state index in [0.29, 0.717) is 22.7 Å². The first kappa shape index (κ1) is 12.0. The molecular weight excluding hydrogens is 238 g/mol. The molecule has 3 N–H and O–H groups in total. The lowest BCUT2D eigenvalue weighted by Gasteiger charge is -2.18. The molecule has 0 aliphatic heterocycles. The van der Waals surface area contributed by atoms with Crippen molar-refractivity contribution < 1.29 is 4.79 Å². The highest BCUT2D eigenvalue weighted by Crippen LogP contribution is 2.53. The van der Waals surface area contributed by atoms with E-state index in [2.05, 4.69) is 11.4 Å². The van der Waals surface area contributed by atoms with Gasteiger partial charge in [-0.05, 0) is 56.2 Å². The number of nitrogens with two attached hydrogens (primary N) is 1. The van der Waals surface area contributed by atoms with Gasteiger partial charge in [-0.25, -0.2) is 0 Å². The topological polar surface area (TPSA) is 78.9 Å². The van der Waals surface area contributed by atoms with Crippen molar-refractivity contribution in [3.8, 4) is 6.07 Å². The zero-order chi connectivity index (χ0) is 13.6. The third-order valence-electron chi connectivity index (χ3n) is 4.27. The maximum absolute atomic E-state index is 12.4. The number of nitrogens with one attached hydrogen (secondary N) is 1. The molecule has 0 radical (unpaired) electrons. The Morgan fingerprint density at radius 1 is 1.47 bits per heavy atom. The molecule has 0 aromatic heterocycles. The molecule has 1 aromatic rings. The maximum Gasteiger partial charge on any atom is 0.253 e. The second-order valence-electron chi connectivity index (χ2n) is 5.75. The Balaban J connectivity index is 1.87. The van der Waals surface area contributed by atoms with Crippen LogP contribution in [0, 0.1) is 24.2 Å². The Labute approximate surface area is 112 Å². The van der Waals surface area contributed by atoms with E-state index < -0.39 is 0 Å². The van der Waals surface area contributed by atoms with Crippen molar-refractivity contribution in [3.63, 3.8) is 0 Å². The summed E-state index contributed by atoms with van der Waals surface area (Å²) in [7, 11) is 0. The highest BCUT2D eigenvalue weighted by molar-refractivity contribution is 6.00. The summed E-state index contributed by atoms with van der Waals surface area (Å²) in [5, 5.41) is 12.1. The van der Waals surface area contributed by atoms with Gasteiger partial charge in [0.2, 0.25) is 0 Å². The second-order valence-corrected chi connectivity index (χ2v) is 5.75. The summed E-state index contributed by atoms with van der Waals surface area (Å²) in [4.78, 5) is 12.4. The lowest BCUT2D eigenvalue weighted by molar-refractivity contribution is 0.0926. The zero-order valence-electron chi connectivity index (χ0n) is 11.0. The first-order valence-electron chi connectivity index (χ1n) is 6.68. The highest BCUT2D eigenvalue weighted by atomic mass is 16.1. The molecule has 2 aliphatic rings. The van der Waals surface area contributed by atoms with Crippen molar-refractivity contribution in [1.29, 1.82) is 5.26 Å². The molecule has 0 unspecified atom stereocenters. The quantitative estimate of drug-likeness (QED) is 0.812. The van der Waals surface area contributed by atoms with Crippen LogP contribution < -0.4 is 11.1 Å². The summed E-state index contributed by atoms with van der Waals surface area (Å²) in [5.74, 6) is 0.514. The number of hydrogen-bond donors (Lipinski definition) is 2. The number of nitrogen functional groups attached to an aromatic ring is 1. The first-order valence-corrected chi connectivity index (χ1v) is 6.68. The van der Waals surface area contributed by atoms with Crippen molar-refractivity contribution in [3.05, 3.63) is 28.8 Å². The van der Waals surface area contributed by atoms with Gasteiger partial charge < -0.3 is 11.1 Å². The highest BCUT2D eigenvalue weighted by Gasteiger charge is 2.54. The van der Waals surface area contributed by atoms with Crippen LogP contribution in [0.3, 0.4) is 0 Å². The van der Waals surface area contributed by atoms with Gasteiger partial charge in [-0.1, -0.05) is 0 Å². The molecule has 0 heterocycles. The lowest BCUT2D eigenvalue weighted by Crippen LogP contribution is -2.38. The fourth-order valence-corrected chi connectivity index (χ4v) is 2.75. The third-order valence-corrected chi connectivity index (χ3v) is 4.27. The van der Waals surface area contributed by atoms with Gasteiger partial charge in [0.05, 0.1) is 17.2 Å². The van der Waals surface area contributed by atoms with Crippen LogP contribution in [0.15, 0.2) is 12.1 Å². The number of amides is 1. The molecule has 98 valence electrons. The summed E-state index contributed by atoms with van der Waals surface area (Å²) >= 11 is 0. The Kier molecular flexibility index (Phi) is 2.53. The van der Waals surface area contributed by atoms with Crippen molar-refractivity contribution in [2.45, 2.75) is 38.1 Å². The van der Waals surface area contributed by atoms with Gasteiger partial charge in [-0.3, -0.25) is 4.79 Å². The molecule has 0 saturated heterocycles. The van der Waals surface area contributed by atoms with Gasteiger partial charge in [0.1, 0.15) is 0 Å². The van der Waals surface area contributed by atoms with Crippen LogP contribution in [0.2, 0.25) is 0 Å². The van der Waals surface area contributed by atoms with E-state index in [1.54, 1.807) is 12.1 Å². The van der Waals surface area contributed by atoms with Crippen LogP contribution in [0.5, 0.6) is 0 Å². The van der Waals surface area contributed by atoms with E-state index in [9.17, 15) is 4.79 Å². The number of nitrogens with zero attached hydrogens (tertiary/aromatic N) is 1. The normalized spacial score (nSPS) is 19.6. The van der Waals surface area contributed by atoms with Crippen molar-refractivity contribution >= 4 is 11.6 Å². The minimum absolute atomic E-state index is 0.0279. The molecule has 4 nitrogen and oxygen atoms in total. The summed E-state index contributed by atoms with van der Waals surface area (Å²) in [6.45, 7) is 1.82. The zero-order valence-corrected chi connectivity index (χ0v) is 11.0. The van der Waals surface area contributed by atoms with E-state index in [1.165, 1.54) is 12.8 Å². The largest absolute Gasteiger partial charge is 0.398 e. The maximum atomic E-state index is 12.4. The number of benzene rings is 1. The molecule has 0 spiro atoms. The van der Waals surface area contributed by atoms with E-state index in [4.69, 9.17) is 11.0 Å². The number of carbonyl (C=O) groups excluding carboxylic acids is 1. The van der Waals surface area contributed by atoms with Crippen molar-refractivity contribution in [2.75, 3.05) is 5.73 Å². The van der Waals surface area contributed by atoms with Gasteiger partial charge in [-0.2, -0.15) is 5.26 Å². The molecular formula is C15H17N3O. The molecule has 0 atom stereocenters.